The summed E-state index contributed by atoms with van der Waals surface area (Å²) in [5.74, 6) is 5.74. The maximum Gasteiger partial charge on any atom is 0.409 e. The first kappa shape index (κ1) is 10.3. The Morgan fingerprint density at radius 1 is 1.69 bits per heavy atom. The number of hydrogen-bond donors (Lipinski definition) is 2. The second-order valence-corrected chi connectivity index (χ2v) is 3.46. The van der Waals surface area contributed by atoms with E-state index in [0.717, 1.165) is 6.42 Å². The van der Waals surface area contributed by atoms with Crippen LogP contribution in [-0.4, -0.2) is 37.2 Å². The Hall–Kier alpha value is -0.810. The number of piperidine rings is 1. The topological polar surface area (TPSA) is 67.6 Å². The highest BCUT2D eigenvalue weighted by atomic mass is 16.5. The largest absolute Gasteiger partial charge is 0.453 e. The Labute approximate surface area is 78.2 Å². The average Bonchev–Trinajstić information content (AvgIpc) is 2.16. The predicted molar refractivity (Wildman–Crippen MR) is 48.9 cm³/mol. The molecule has 1 amide bonds. The van der Waals surface area contributed by atoms with E-state index in [1.807, 2.05) is 0 Å². The normalized spacial score (nSPS) is 28.7. The number of likely N-dealkylation sites (tertiary alicyclic amines) is 1. The third-order valence-corrected chi connectivity index (χ3v) is 2.55. The lowest BCUT2D eigenvalue weighted by atomic mass is 9.95. The lowest BCUT2D eigenvalue weighted by Gasteiger charge is -2.35. The molecule has 5 heteroatoms. The minimum absolute atomic E-state index is 0.248. The van der Waals surface area contributed by atoms with Crippen LogP contribution in [-0.2, 0) is 4.74 Å². The van der Waals surface area contributed by atoms with Crippen LogP contribution in [0.1, 0.15) is 13.3 Å². The van der Waals surface area contributed by atoms with Crippen molar-refractivity contribution in [2.24, 2.45) is 11.8 Å². The van der Waals surface area contributed by atoms with E-state index in [-0.39, 0.29) is 6.09 Å². The van der Waals surface area contributed by atoms with Crippen molar-refractivity contribution in [2.45, 2.75) is 19.4 Å². The van der Waals surface area contributed by atoms with E-state index >= 15 is 0 Å². The molecular formula is C8H17N3O2. The second kappa shape index (κ2) is 4.43. The molecule has 13 heavy (non-hydrogen) atoms. The van der Waals surface area contributed by atoms with E-state index in [4.69, 9.17) is 5.84 Å². The van der Waals surface area contributed by atoms with Gasteiger partial charge in [0.1, 0.15) is 0 Å². The van der Waals surface area contributed by atoms with Crippen LogP contribution in [0.3, 0.4) is 0 Å². The molecule has 0 aromatic rings. The summed E-state index contributed by atoms with van der Waals surface area (Å²) in [6, 6.07) is 0.306. The number of carbonyl (C=O) groups is 1. The van der Waals surface area contributed by atoms with Crippen molar-refractivity contribution in [1.29, 1.82) is 0 Å². The van der Waals surface area contributed by atoms with Crippen LogP contribution in [0.5, 0.6) is 0 Å². The van der Waals surface area contributed by atoms with Gasteiger partial charge in [0.05, 0.1) is 7.11 Å². The molecule has 1 heterocycles. The maximum absolute atomic E-state index is 11.2. The summed E-state index contributed by atoms with van der Waals surface area (Å²) in [7, 11) is 1.40. The number of nitrogens with zero attached hydrogens (tertiary/aromatic N) is 1. The molecule has 0 radical (unpaired) electrons. The molecule has 2 atom stereocenters. The van der Waals surface area contributed by atoms with Gasteiger partial charge >= 0.3 is 6.09 Å². The number of methoxy groups -OCH3 is 1. The molecule has 0 aliphatic carbocycles. The van der Waals surface area contributed by atoms with Gasteiger partial charge in [-0.3, -0.25) is 11.3 Å². The number of nitrogens with two attached hydrogens (primary N) is 1. The summed E-state index contributed by atoms with van der Waals surface area (Å²) in [4.78, 5) is 12.9. The zero-order chi connectivity index (χ0) is 9.84. The Balaban J connectivity index is 2.45. The molecule has 1 fully saturated rings. The van der Waals surface area contributed by atoms with E-state index in [2.05, 4.69) is 17.1 Å². The third-order valence-electron chi connectivity index (χ3n) is 2.55. The SMILES string of the molecule is COC(=O)N1CC[C@@H](NN)[C@H](C)C1. The molecule has 1 aliphatic heterocycles. The van der Waals surface area contributed by atoms with Crippen molar-refractivity contribution in [3.8, 4) is 0 Å². The molecule has 1 aliphatic rings. The summed E-state index contributed by atoms with van der Waals surface area (Å²) >= 11 is 0. The highest BCUT2D eigenvalue weighted by Gasteiger charge is 2.28. The summed E-state index contributed by atoms with van der Waals surface area (Å²) in [6.07, 6.45) is 0.634. The van der Waals surface area contributed by atoms with Crippen LogP contribution < -0.4 is 11.3 Å². The Kier molecular flexibility index (Phi) is 3.50. The van der Waals surface area contributed by atoms with Crippen molar-refractivity contribution in [1.82, 2.24) is 10.3 Å². The van der Waals surface area contributed by atoms with Crippen molar-refractivity contribution in [3.05, 3.63) is 0 Å². The van der Waals surface area contributed by atoms with Crippen LogP contribution in [0.25, 0.3) is 0 Å². The molecule has 76 valence electrons. The summed E-state index contributed by atoms with van der Waals surface area (Å²) in [6.45, 7) is 3.49. The monoisotopic (exact) mass is 187 g/mol. The molecule has 0 spiro atoms. The smallest absolute Gasteiger partial charge is 0.409 e. The molecule has 0 aromatic carbocycles. The molecule has 5 nitrogen and oxygen atoms in total. The van der Waals surface area contributed by atoms with E-state index in [1.165, 1.54) is 7.11 Å². The van der Waals surface area contributed by atoms with E-state index in [9.17, 15) is 4.79 Å². The molecule has 1 rings (SSSR count). The fraction of sp³-hybridized carbons (Fsp3) is 0.875. The number of ether oxygens (including phenoxy) is 1. The van der Waals surface area contributed by atoms with Gasteiger partial charge in [0.2, 0.25) is 0 Å². The second-order valence-electron chi connectivity index (χ2n) is 3.46. The van der Waals surface area contributed by atoms with E-state index < -0.39 is 0 Å². The van der Waals surface area contributed by atoms with Crippen LogP contribution in [0.2, 0.25) is 0 Å². The van der Waals surface area contributed by atoms with Crippen molar-refractivity contribution >= 4 is 6.09 Å². The van der Waals surface area contributed by atoms with Crippen molar-refractivity contribution in [3.63, 3.8) is 0 Å². The van der Waals surface area contributed by atoms with Crippen LogP contribution in [0.4, 0.5) is 4.79 Å². The lowest BCUT2D eigenvalue weighted by Crippen LogP contribution is -2.51. The average molecular weight is 187 g/mol. The summed E-state index contributed by atoms with van der Waals surface area (Å²) < 4.78 is 4.64. The van der Waals surface area contributed by atoms with Gasteiger partial charge in [-0.25, -0.2) is 4.79 Å². The third kappa shape index (κ3) is 2.32. The van der Waals surface area contributed by atoms with Gasteiger partial charge in [-0.05, 0) is 12.3 Å². The number of carbonyl (C=O) groups excluding carboxylic acids is 1. The lowest BCUT2D eigenvalue weighted by molar-refractivity contribution is 0.0944. The first-order valence-electron chi connectivity index (χ1n) is 4.48. The number of amides is 1. The zero-order valence-corrected chi connectivity index (χ0v) is 8.12. The minimum Gasteiger partial charge on any atom is -0.453 e. The standard InChI is InChI=1S/C8H17N3O2/c1-6-5-11(8(12)13-2)4-3-7(6)10-9/h6-7,10H,3-5,9H2,1-2H3/t6-,7-/m1/s1. The maximum atomic E-state index is 11.2. The Bertz CT molecular complexity index is 186. The van der Waals surface area contributed by atoms with Gasteiger partial charge in [0, 0.05) is 19.1 Å². The zero-order valence-electron chi connectivity index (χ0n) is 8.12. The van der Waals surface area contributed by atoms with Gasteiger partial charge in [-0.2, -0.15) is 0 Å². The highest BCUT2D eigenvalue weighted by molar-refractivity contribution is 5.67. The first-order chi connectivity index (χ1) is 6.19. The molecular weight excluding hydrogens is 170 g/mol. The van der Waals surface area contributed by atoms with Crippen LogP contribution >= 0.6 is 0 Å². The quantitative estimate of drug-likeness (QED) is 0.445. The Morgan fingerprint density at radius 3 is 2.85 bits per heavy atom. The minimum atomic E-state index is -0.248. The van der Waals surface area contributed by atoms with Gasteiger partial charge in [0.25, 0.3) is 0 Å². The predicted octanol–water partition coefficient (Wildman–Crippen LogP) is -0.0735. The van der Waals surface area contributed by atoms with Gasteiger partial charge in [-0.15, -0.1) is 0 Å². The molecule has 1 saturated heterocycles. The molecule has 3 N–H and O–H groups in total. The molecule has 0 unspecified atom stereocenters. The van der Waals surface area contributed by atoms with Crippen molar-refractivity contribution in [2.75, 3.05) is 20.2 Å². The Morgan fingerprint density at radius 2 is 2.38 bits per heavy atom. The number of hydrazine groups is 1. The summed E-state index contributed by atoms with van der Waals surface area (Å²) in [5, 5.41) is 0. The van der Waals surface area contributed by atoms with Gasteiger partial charge in [-0.1, -0.05) is 6.92 Å². The molecule has 0 bridgehead atoms. The van der Waals surface area contributed by atoms with Crippen molar-refractivity contribution < 1.29 is 9.53 Å². The van der Waals surface area contributed by atoms with E-state index in [1.54, 1.807) is 4.90 Å². The fourth-order valence-corrected chi connectivity index (χ4v) is 1.69. The van der Waals surface area contributed by atoms with E-state index in [0.29, 0.717) is 25.0 Å². The van der Waals surface area contributed by atoms with Gasteiger partial charge < -0.3 is 9.64 Å². The van der Waals surface area contributed by atoms with Gasteiger partial charge in [0.15, 0.2) is 0 Å². The molecule has 0 saturated carbocycles. The number of hydrogen-bond acceptors (Lipinski definition) is 4. The summed E-state index contributed by atoms with van der Waals surface area (Å²) in [5.41, 5.74) is 2.75. The fourth-order valence-electron chi connectivity index (χ4n) is 1.69. The number of rotatable bonds is 1. The molecule has 0 aromatic heterocycles. The number of nitrogens with one attached hydrogen (secondary N) is 1. The van der Waals surface area contributed by atoms with Crippen LogP contribution in [0.15, 0.2) is 0 Å². The first-order valence-corrected chi connectivity index (χ1v) is 4.48. The van der Waals surface area contributed by atoms with Crippen LogP contribution in [0, 0.1) is 5.92 Å². The highest BCUT2D eigenvalue weighted by Crippen LogP contribution is 2.16.